The Morgan fingerprint density at radius 2 is 2.39 bits per heavy atom. The third kappa shape index (κ3) is 2.76. The van der Waals surface area contributed by atoms with E-state index in [1.54, 1.807) is 23.6 Å². The third-order valence-electron chi connectivity index (χ3n) is 2.45. The Morgan fingerprint density at radius 3 is 3.06 bits per heavy atom. The molecule has 2 aromatic rings. The molecule has 0 aromatic carbocycles. The molecule has 0 atom stereocenters. The number of nitrogens with one attached hydrogen (secondary N) is 1. The zero-order valence-corrected chi connectivity index (χ0v) is 10.8. The van der Waals surface area contributed by atoms with Crippen molar-refractivity contribution in [3.8, 4) is 6.07 Å². The summed E-state index contributed by atoms with van der Waals surface area (Å²) >= 11 is 1.64. The lowest BCUT2D eigenvalue weighted by Crippen LogP contribution is -2.09. The molecule has 3 N–H and O–H groups in total. The van der Waals surface area contributed by atoms with Gasteiger partial charge in [0.05, 0.1) is 22.0 Å². The van der Waals surface area contributed by atoms with Crippen LogP contribution in [0.2, 0.25) is 0 Å². The topological polar surface area (TPSA) is 87.6 Å². The zero-order valence-electron chi connectivity index (χ0n) is 9.97. The first kappa shape index (κ1) is 12.3. The van der Waals surface area contributed by atoms with Crippen LogP contribution >= 0.6 is 11.3 Å². The van der Waals surface area contributed by atoms with Crippen LogP contribution in [-0.4, -0.2) is 16.5 Å². The summed E-state index contributed by atoms with van der Waals surface area (Å²) in [5, 5.41) is 15.1. The molecular formula is C12H13N5S. The molecule has 92 valence electrons. The summed E-state index contributed by atoms with van der Waals surface area (Å²) in [6.07, 6.45) is 2.38. The van der Waals surface area contributed by atoms with Gasteiger partial charge in [0.15, 0.2) is 5.82 Å². The number of nitrogens with zero attached hydrogens (tertiary/aromatic N) is 3. The van der Waals surface area contributed by atoms with Crippen molar-refractivity contribution in [3.63, 3.8) is 0 Å². The average Bonchev–Trinajstić information content (AvgIpc) is 2.77. The minimum absolute atomic E-state index is 0.398. The van der Waals surface area contributed by atoms with Gasteiger partial charge in [-0.1, -0.05) is 0 Å². The van der Waals surface area contributed by atoms with E-state index >= 15 is 0 Å². The van der Waals surface area contributed by atoms with Gasteiger partial charge in [0.2, 0.25) is 0 Å². The SMILES string of the molecule is Cc1nc(CCNc2nccc(C#N)c2N)cs1. The first-order chi connectivity index (χ1) is 8.70. The largest absolute Gasteiger partial charge is 0.395 e. The van der Waals surface area contributed by atoms with Crippen LogP contribution in [0.25, 0.3) is 0 Å². The van der Waals surface area contributed by atoms with Crippen molar-refractivity contribution in [2.24, 2.45) is 0 Å². The number of pyridine rings is 1. The van der Waals surface area contributed by atoms with Crippen molar-refractivity contribution in [3.05, 3.63) is 33.9 Å². The van der Waals surface area contributed by atoms with Gasteiger partial charge in [0, 0.05) is 24.5 Å². The number of nitrogens with two attached hydrogens (primary N) is 1. The molecule has 0 bridgehead atoms. The molecule has 2 rings (SSSR count). The fourth-order valence-electron chi connectivity index (χ4n) is 1.54. The van der Waals surface area contributed by atoms with Crippen molar-refractivity contribution in [2.75, 3.05) is 17.6 Å². The summed E-state index contributed by atoms with van der Waals surface area (Å²) in [7, 11) is 0. The predicted molar refractivity (Wildman–Crippen MR) is 72.4 cm³/mol. The molecular weight excluding hydrogens is 246 g/mol. The van der Waals surface area contributed by atoms with Crippen LogP contribution in [-0.2, 0) is 6.42 Å². The maximum absolute atomic E-state index is 8.85. The second-order valence-electron chi connectivity index (χ2n) is 3.77. The first-order valence-corrected chi connectivity index (χ1v) is 6.38. The van der Waals surface area contributed by atoms with Crippen LogP contribution in [0.4, 0.5) is 11.5 Å². The van der Waals surface area contributed by atoms with Crippen molar-refractivity contribution in [1.82, 2.24) is 9.97 Å². The highest BCUT2D eigenvalue weighted by Gasteiger charge is 2.05. The highest BCUT2D eigenvalue weighted by atomic mass is 32.1. The molecule has 18 heavy (non-hydrogen) atoms. The average molecular weight is 259 g/mol. The summed E-state index contributed by atoms with van der Waals surface area (Å²) in [6, 6.07) is 3.63. The van der Waals surface area contributed by atoms with E-state index in [9.17, 15) is 0 Å². The van der Waals surface area contributed by atoms with Crippen molar-refractivity contribution >= 4 is 22.8 Å². The molecule has 2 aromatic heterocycles. The van der Waals surface area contributed by atoms with E-state index in [0.717, 1.165) is 17.1 Å². The van der Waals surface area contributed by atoms with Gasteiger partial charge in [0.25, 0.3) is 0 Å². The fourth-order valence-corrected chi connectivity index (χ4v) is 2.19. The Kier molecular flexibility index (Phi) is 3.75. The van der Waals surface area contributed by atoms with E-state index in [1.807, 2.05) is 18.4 Å². The number of rotatable bonds is 4. The van der Waals surface area contributed by atoms with Crippen LogP contribution in [0, 0.1) is 18.3 Å². The summed E-state index contributed by atoms with van der Waals surface area (Å²) in [5.74, 6) is 0.556. The Labute approximate surface area is 109 Å². The van der Waals surface area contributed by atoms with Gasteiger partial charge in [-0.05, 0) is 13.0 Å². The summed E-state index contributed by atoms with van der Waals surface area (Å²) in [4.78, 5) is 8.49. The summed E-state index contributed by atoms with van der Waals surface area (Å²) in [6.45, 7) is 2.67. The van der Waals surface area contributed by atoms with Crippen LogP contribution in [0.3, 0.4) is 0 Å². The molecule has 6 heteroatoms. The van der Waals surface area contributed by atoms with Gasteiger partial charge in [-0.15, -0.1) is 11.3 Å². The first-order valence-electron chi connectivity index (χ1n) is 5.50. The highest BCUT2D eigenvalue weighted by molar-refractivity contribution is 7.09. The molecule has 0 spiro atoms. The van der Waals surface area contributed by atoms with Crippen LogP contribution < -0.4 is 11.1 Å². The standard InChI is InChI=1S/C12H13N5S/c1-8-17-10(7-18-8)3-5-16-12-11(14)9(6-13)2-4-15-12/h2,4,7H,3,5,14H2,1H3,(H,15,16). The van der Waals surface area contributed by atoms with E-state index < -0.39 is 0 Å². The minimum atomic E-state index is 0.398. The van der Waals surface area contributed by atoms with E-state index in [0.29, 0.717) is 23.6 Å². The number of thiazole rings is 1. The van der Waals surface area contributed by atoms with E-state index in [1.165, 1.54) is 0 Å². The van der Waals surface area contributed by atoms with E-state index in [2.05, 4.69) is 15.3 Å². The molecule has 0 saturated heterocycles. The Balaban J connectivity index is 1.97. The molecule has 0 unspecified atom stereocenters. The number of hydrogen-bond acceptors (Lipinski definition) is 6. The molecule has 2 heterocycles. The molecule has 5 nitrogen and oxygen atoms in total. The Morgan fingerprint density at radius 1 is 1.56 bits per heavy atom. The van der Waals surface area contributed by atoms with Crippen molar-refractivity contribution in [2.45, 2.75) is 13.3 Å². The van der Waals surface area contributed by atoms with Crippen LogP contribution in [0.5, 0.6) is 0 Å². The van der Waals surface area contributed by atoms with E-state index in [4.69, 9.17) is 11.0 Å². The second kappa shape index (κ2) is 5.47. The van der Waals surface area contributed by atoms with Gasteiger partial charge >= 0.3 is 0 Å². The quantitative estimate of drug-likeness (QED) is 0.876. The fraction of sp³-hybridized carbons (Fsp3) is 0.250. The monoisotopic (exact) mass is 259 g/mol. The van der Waals surface area contributed by atoms with Crippen LogP contribution in [0.15, 0.2) is 17.6 Å². The number of nitrogen functional groups attached to an aromatic ring is 1. The van der Waals surface area contributed by atoms with Gasteiger partial charge in [-0.3, -0.25) is 0 Å². The highest BCUT2D eigenvalue weighted by Crippen LogP contribution is 2.18. The van der Waals surface area contributed by atoms with Crippen LogP contribution in [0.1, 0.15) is 16.3 Å². The summed E-state index contributed by atoms with van der Waals surface area (Å²) < 4.78 is 0. The molecule has 0 amide bonds. The number of nitriles is 1. The van der Waals surface area contributed by atoms with Gasteiger partial charge in [0.1, 0.15) is 6.07 Å². The minimum Gasteiger partial charge on any atom is -0.395 e. The van der Waals surface area contributed by atoms with E-state index in [-0.39, 0.29) is 0 Å². The Hall–Kier alpha value is -2.13. The molecule has 0 aliphatic rings. The zero-order chi connectivity index (χ0) is 13.0. The number of aryl methyl sites for hydroxylation is 1. The normalized spacial score (nSPS) is 10.0. The number of anilines is 2. The maximum atomic E-state index is 8.85. The van der Waals surface area contributed by atoms with Crippen molar-refractivity contribution in [1.29, 1.82) is 5.26 Å². The number of hydrogen-bond donors (Lipinski definition) is 2. The number of aromatic nitrogens is 2. The van der Waals surface area contributed by atoms with Crippen molar-refractivity contribution < 1.29 is 0 Å². The lowest BCUT2D eigenvalue weighted by atomic mass is 10.2. The summed E-state index contributed by atoms with van der Waals surface area (Å²) in [5.41, 5.74) is 7.71. The van der Waals surface area contributed by atoms with Gasteiger partial charge < -0.3 is 11.1 Å². The molecule has 0 radical (unpaired) electrons. The lowest BCUT2D eigenvalue weighted by molar-refractivity contribution is 0.961. The third-order valence-corrected chi connectivity index (χ3v) is 3.27. The maximum Gasteiger partial charge on any atom is 0.150 e. The lowest BCUT2D eigenvalue weighted by Gasteiger charge is -2.07. The Bertz CT molecular complexity index is 584. The predicted octanol–water partition coefficient (Wildman–Crippen LogP) is 1.96. The smallest absolute Gasteiger partial charge is 0.150 e. The molecule has 0 fully saturated rings. The van der Waals surface area contributed by atoms with Gasteiger partial charge in [-0.2, -0.15) is 5.26 Å². The molecule has 0 aliphatic carbocycles. The van der Waals surface area contributed by atoms with Gasteiger partial charge in [-0.25, -0.2) is 9.97 Å². The molecule has 0 aliphatic heterocycles. The second-order valence-corrected chi connectivity index (χ2v) is 4.83. The molecule has 0 saturated carbocycles.